The molecular weight excluding hydrogens is 372 g/mol. The van der Waals surface area contributed by atoms with Gasteiger partial charge in [0.15, 0.2) is 0 Å². The summed E-state index contributed by atoms with van der Waals surface area (Å²) < 4.78 is 1.09. The summed E-state index contributed by atoms with van der Waals surface area (Å²) in [6, 6.07) is 8.73. The summed E-state index contributed by atoms with van der Waals surface area (Å²) in [5.74, 6) is 1.04. The van der Waals surface area contributed by atoms with E-state index in [1.54, 1.807) is 17.7 Å². The molecule has 118 valence electrons. The van der Waals surface area contributed by atoms with Gasteiger partial charge in [0.2, 0.25) is 0 Å². The second kappa shape index (κ2) is 6.19. The van der Waals surface area contributed by atoms with Gasteiger partial charge < -0.3 is 10.6 Å². The lowest BCUT2D eigenvalue weighted by atomic mass is 10.0. The van der Waals surface area contributed by atoms with Crippen molar-refractivity contribution in [2.45, 2.75) is 18.9 Å². The van der Waals surface area contributed by atoms with Crippen LogP contribution < -0.4 is 10.6 Å². The van der Waals surface area contributed by atoms with Crippen molar-refractivity contribution in [3.63, 3.8) is 0 Å². The number of hydrogen-bond acceptors (Lipinski definition) is 5. The highest BCUT2D eigenvalue weighted by molar-refractivity contribution is 9.10. The van der Waals surface area contributed by atoms with E-state index >= 15 is 0 Å². The van der Waals surface area contributed by atoms with Crippen LogP contribution in [0, 0.1) is 0 Å². The molecule has 1 aliphatic rings. The van der Waals surface area contributed by atoms with Crippen LogP contribution >= 0.6 is 27.3 Å². The van der Waals surface area contributed by atoms with Crippen LogP contribution in [0.25, 0.3) is 21.3 Å². The van der Waals surface area contributed by atoms with Gasteiger partial charge in [-0.15, -0.1) is 11.3 Å². The number of rotatable bonds is 2. The number of aromatic nitrogens is 2. The fourth-order valence-corrected chi connectivity index (χ4v) is 4.23. The summed E-state index contributed by atoms with van der Waals surface area (Å²) in [7, 11) is 0. The molecule has 1 aromatic carbocycles. The molecule has 3 aromatic rings. The van der Waals surface area contributed by atoms with E-state index in [4.69, 9.17) is 5.73 Å². The minimum absolute atomic E-state index is 0.317. The molecule has 0 spiro atoms. The van der Waals surface area contributed by atoms with Gasteiger partial charge in [0.25, 0.3) is 0 Å². The summed E-state index contributed by atoms with van der Waals surface area (Å²) >= 11 is 5.18. The average Bonchev–Trinajstić information content (AvgIpc) is 3.00. The minimum atomic E-state index is 0.317. The molecule has 1 aliphatic heterocycles. The van der Waals surface area contributed by atoms with E-state index in [0.717, 1.165) is 46.4 Å². The molecule has 0 radical (unpaired) electrons. The van der Waals surface area contributed by atoms with Crippen LogP contribution in [0.3, 0.4) is 0 Å². The Labute approximate surface area is 147 Å². The Morgan fingerprint density at radius 1 is 1.13 bits per heavy atom. The van der Waals surface area contributed by atoms with Crippen molar-refractivity contribution in [1.82, 2.24) is 9.97 Å². The zero-order chi connectivity index (χ0) is 15.8. The standard InChI is InChI=1S/C17H17BrN4S/c18-12-3-1-11(2-4-12)14-9-23-17-15(14)16(20-10-21-17)22-7-5-13(19)6-8-22/h1-4,9-10,13H,5-8,19H2. The summed E-state index contributed by atoms with van der Waals surface area (Å²) in [4.78, 5) is 12.5. The summed E-state index contributed by atoms with van der Waals surface area (Å²) in [5, 5.41) is 3.34. The maximum Gasteiger partial charge on any atom is 0.141 e. The van der Waals surface area contributed by atoms with Gasteiger partial charge in [-0.2, -0.15) is 0 Å². The van der Waals surface area contributed by atoms with Gasteiger partial charge in [-0.05, 0) is 30.5 Å². The average molecular weight is 389 g/mol. The summed E-state index contributed by atoms with van der Waals surface area (Å²) in [6.45, 7) is 1.92. The van der Waals surface area contributed by atoms with E-state index in [2.05, 4.69) is 60.4 Å². The molecule has 6 heteroatoms. The lowest BCUT2D eigenvalue weighted by Crippen LogP contribution is -2.40. The molecule has 0 amide bonds. The van der Waals surface area contributed by atoms with Crippen LogP contribution in [-0.4, -0.2) is 29.1 Å². The molecule has 0 unspecified atom stereocenters. The molecule has 0 saturated carbocycles. The molecule has 2 N–H and O–H groups in total. The van der Waals surface area contributed by atoms with E-state index < -0.39 is 0 Å². The zero-order valence-electron chi connectivity index (χ0n) is 12.6. The SMILES string of the molecule is NC1CCN(c2ncnc3scc(-c4ccc(Br)cc4)c23)CC1. The van der Waals surface area contributed by atoms with Crippen molar-refractivity contribution in [2.24, 2.45) is 5.73 Å². The third kappa shape index (κ3) is 2.86. The molecule has 2 aromatic heterocycles. The summed E-state index contributed by atoms with van der Waals surface area (Å²) in [6.07, 6.45) is 3.71. The van der Waals surface area contributed by atoms with Crippen LogP contribution in [0.2, 0.25) is 0 Å². The third-order valence-electron chi connectivity index (χ3n) is 4.34. The first-order chi connectivity index (χ1) is 11.2. The first-order valence-electron chi connectivity index (χ1n) is 7.71. The van der Waals surface area contributed by atoms with Crippen molar-refractivity contribution in [2.75, 3.05) is 18.0 Å². The van der Waals surface area contributed by atoms with Crippen LogP contribution in [0.4, 0.5) is 5.82 Å². The van der Waals surface area contributed by atoms with Gasteiger partial charge in [-0.25, -0.2) is 9.97 Å². The van der Waals surface area contributed by atoms with Crippen LogP contribution in [0.5, 0.6) is 0 Å². The van der Waals surface area contributed by atoms with Gasteiger partial charge in [0, 0.05) is 34.5 Å². The van der Waals surface area contributed by atoms with Crippen molar-refractivity contribution in [3.05, 3.63) is 40.4 Å². The number of nitrogens with zero attached hydrogens (tertiary/aromatic N) is 3. The lowest BCUT2D eigenvalue weighted by Gasteiger charge is -2.31. The van der Waals surface area contributed by atoms with Crippen molar-refractivity contribution in [1.29, 1.82) is 0 Å². The van der Waals surface area contributed by atoms with Gasteiger partial charge in [0.1, 0.15) is 17.0 Å². The predicted molar refractivity (Wildman–Crippen MR) is 100.0 cm³/mol. The number of halogens is 1. The second-order valence-electron chi connectivity index (χ2n) is 5.86. The molecular formula is C17H17BrN4S. The van der Waals surface area contributed by atoms with Crippen LogP contribution in [-0.2, 0) is 0 Å². The van der Waals surface area contributed by atoms with E-state index in [0.29, 0.717) is 6.04 Å². The highest BCUT2D eigenvalue weighted by Gasteiger charge is 2.21. The van der Waals surface area contributed by atoms with E-state index in [9.17, 15) is 0 Å². The van der Waals surface area contributed by atoms with E-state index in [-0.39, 0.29) is 0 Å². The molecule has 0 bridgehead atoms. The van der Waals surface area contributed by atoms with Crippen LogP contribution in [0.15, 0.2) is 40.4 Å². The van der Waals surface area contributed by atoms with Crippen LogP contribution in [0.1, 0.15) is 12.8 Å². The quantitative estimate of drug-likeness (QED) is 0.719. The van der Waals surface area contributed by atoms with Gasteiger partial charge in [-0.3, -0.25) is 0 Å². The topological polar surface area (TPSA) is 55.0 Å². The molecule has 0 aliphatic carbocycles. The number of anilines is 1. The molecule has 1 fully saturated rings. The lowest BCUT2D eigenvalue weighted by molar-refractivity contribution is 0.499. The number of benzene rings is 1. The molecule has 4 rings (SSSR count). The maximum atomic E-state index is 6.04. The van der Waals surface area contributed by atoms with E-state index in [1.807, 2.05) is 0 Å². The Balaban J connectivity index is 1.82. The Morgan fingerprint density at radius 2 is 1.87 bits per heavy atom. The normalized spacial score (nSPS) is 16.2. The monoisotopic (exact) mass is 388 g/mol. The fraction of sp³-hybridized carbons (Fsp3) is 0.294. The second-order valence-corrected chi connectivity index (χ2v) is 7.63. The fourth-order valence-electron chi connectivity index (χ4n) is 3.05. The van der Waals surface area contributed by atoms with Gasteiger partial charge in [-0.1, -0.05) is 28.1 Å². The van der Waals surface area contributed by atoms with Crippen molar-refractivity contribution >= 4 is 43.3 Å². The molecule has 3 heterocycles. The summed E-state index contributed by atoms with van der Waals surface area (Å²) in [5.41, 5.74) is 8.45. The smallest absolute Gasteiger partial charge is 0.141 e. The first kappa shape index (κ1) is 15.1. The Hall–Kier alpha value is -1.50. The first-order valence-corrected chi connectivity index (χ1v) is 9.38. The van der Waals surface area contributed by atoms with E-state index in [1.165, 1.54) is 11.1 Å². The number of nitrogens with two attached hydrogens (primary N) is 1. The maximum absolute atomic E-state index is 6.04. The third-order valence-corrected chi connectivity index (χ3v) is 5.76. The number of thiophene rings is 1. The van der Waals surface area contributed by atoms with Gasteiger partial charge in [0.05, 0.1) is 5.39 Å². The Bertz CT molecular complexity index is 822. The largest absolute Gasteiger partial charge is 0.356 e. The van der Waals surface area contributed by atoms with Gasteiger partial charge >= 0.3 is 0 Å². The molecule has 1 saturated heterocycles. The zero-order valence-corrected chi connectivity index (χ0v) is 15.0. The number of fused-ring (bicyclic) bond motifs is 1. The minimum Gasteiger partial charge on any atom is -0.356 e. The van der Waals surface area contributed by atoms with Crippen molar-refractivity contribution < 1.29 is 0 Å². The highest BCUT2D eigenvalue weighted by atomic mass is 79.9. The van der Waals surface area contributed by atoms with Crippen molar-refractivity contribution in [3.8, 4) is 11.1 Å². The molecule has 23 heavy (non-hydrogen) atoms. The number of hydrogen-bond donors (Lipinski definition) is 1. The number of piperidine rings is 1. The Morgan fingerprint density at radius 3 is 2.61 bits per heavy atom. The predicted octanol–water partition coefficient (Wildman–Crippen LogP) is 4.05. The molecule has 4 nitrogen and oxygen atoms in total. The highest BCUT2D eigenvalue weighted by Crippen LogP contribution is 2.38. The molecule has 0 atom stereocenters. The Kier molecular flexibility index (Phi) is 4.05.